The zero-order valence-electron chi connectivity index (χ0n) is 6.46. The summed E-state index contributed by atoms with van der Waals surface area (Å²) >= 11 is 0. The van der Waals surface area contributed by atoms with Gasteiger partial charge in [-0.3, -0.25) is 4.79 Å². The molecule has 1 aromatic rings. The van der Waals surface area contributed by atoms with E-state index in [1.807, 2.05) is 0 Å². The van der Waals surface area contributed by atoms with Gasteiger partial charge in [0.05, 0.1) is 11.9 Å². The van der Waals surface area contributed by atoms with Crippen molar-refractivity contribution in [2.45, 2.75) is 13.5 Å². The summed E-state index contributed by atoms with van der Waals surface area (Å²) in [5, 5.41) is 0. The summed E-state index contributed by atoms with van der Waals surface area (Å²) < 4.78 is 4.32. The van der Waals surface area contributed by atoms with Crippen LogP contribution in [0.4, 0.5) is 0 Å². The van der Waals surface area contributed by atoms with Crippen molar-refractivity contribution in [3.63, 3.8) is 0 Å². The van der Waals surface area contributed by atoms with Gasteiger partial charge in [-0.15, -0.1) is 0 Å². The number of aromatic amines is 1. The van der Waals surface area contributed by atoms with E-state index in [-0.39, 0.29) is 18.2 Å². The lowest BCUT2D eigenvalue weighted by atomic mass is 10.4. The Kier molecular flexibility index (Phi) is 2.57. The molecule has 0 aliphatic heterocycles. The number of carbonyl (C=O) groups is 1. The van der Waals surface area contributed by atoms with Crippen molar-refractivity contribution >= 4 is 12.3 Å². The monoisotopic (exact) mass is 167 g/mol. The second-order valence-electron chi connectivity index (χ2n) is 2.19. The molecule has 0 fully saturated rings. The van der Waals surface area contributed by atoms with Gasteiger partial charge in [0.2, 0.25) is 0 Å². The number of rotatable bonds is 4. The van der Waals surface area contributed by atoms with Gasteiger partial charge < -0.3 is 9.72 Å². The zero-order chi connectivity index (χ0) is 8.97. The molecule has 5 heteroatoms. The minimum atomic E-state index is -0.156. The molecular formula is C7H7N2O3. The fourth-order valence-corrected chi connectivity index (χ4v) is 0.719. The van der Waals surface area contributed by atoms with Gasteiger partial charge in [-0.1, -0.05) is 0 Å². The van der Waals surface area contributed by atoms with Gasteiger partial charge >= 0.3 is 6.47 Å². The zero-order valence-corrected chi connectivity index (χ0v) is 6.46. The minimum Gasteiger partial charge on any atom is -0.451 e. The van der Waals surface area contributed by atoms with Gasteiger partial charge in [-0.2, -0.15) is 0 Å². The Bertz CT molecular complexity index is 293. The topological polar surface area (TPSA) is 72.0 Å². The molecule has 1 rings (SSSR count). The average Bonchev–Trinajstić information content (AvgIpc) is 2.48. The molecule has 0 aromatic carbocycles. The number of ether oxygens (including phenoxy) is 1. The highest BCUT2D eigenvalue weighted by atomic mass is 16.5. The molecule has 0 spiro atoms. The van der Waals surface area contributed by atoms with Gasteiger partial charge in [0.25, 0.3) is 0 Å². The number of H-pyrrole nitrogens is 1. The lowest BCUT2D eigenvalue weighted by Crippen LogP contribution is -1.95. The fourth-order valence-electron chi connectivity index (χ4n) is 0.719. The summed E-state index contributed by atoms with van der Waals surface area (Å²) in [6.45, 7) is 2.73. The van der Waals surface area contributed by atoms with Crippen molar-refractivity contribution in [2.75, 3.05) is 0 Å². The van der Waals surface area contributed by atoms with Gasteiger partial charge in [0, 0.05) is 6.92 Å². The first-order chi connectivity index (χ1) is 5.74. The number of hydrogen-bond donors (Lipinski definition) is 1. The Morgan fingerprint density at radius 2 is 2.58 bits per heavy atom. The Labute approximate surface area is 68.8 Å². The normalized spacial score (nSPS) is 9.42. The van der Waals surface area contributed by atoms with Crippen LogP contribution in [0.15, 0.2) is 6.20 Å². The summed E-state index contributed by atoms with van der Waals surface area (Å²) in [7, 11) is 0. The van der Waals surface area contributed by atoms with Crippen LogP contribution in [0.2, 0.25) is 0 Å². The third-order valence-corrected chi connectivity index (χ3v) is 1.25. The minimum absolute atomic E-state index is 0.0593. The quantitative estimate of drug-likeness (QED) is 0.650. The smallest absolute Gasteiger partial charge is 0.417 e. The summed E-state index contributed by atoms with van der Waals surface area (Å²) in [6.07, 6.45) is 1.44. The molecule has 1 heterocycles. The number of ketones is 1. The van der Waals surface area contributed by atoms with Gasteiger partial charge in [0.15, 0.2) is 11.6 Å². The molecule has 5 nitrogen and oxygen atoms in total. The molecule has 0 atom stereocenters. The average molecular weight is 167 g/mol. The highest BCUT2D eigenvalue weighted by Crippen LogP contribution is 1.98. The summed E-state index contributed by atoms with van der Waals surface area (Å²) in [5.41, 5.74) is 0.573. The highest BCUT2D eigenvalue weighted by Gasteiger charge is 2.04. The van der Waals surface area contributed by atoms with Crippen LogP contribution in [-0.2, 0) is 16.1 Å². The maximum atomic E-state index is 10.7. The van der Waals surface area contributed by atoms with Crippen LogP contribution >= 0.6 is 0 Å². The van der Waals surface area contributed by atoms with Crippen LogP contribution in [-0.4, -0.2) is 22.2 Å². The molecular weight excluding hydrogens is 160 g/mol. The predicted molar refractivity (Wildman–Crippen MR) is 39.1 cm³/mol. The first-order valence-electron chi connectivity index (χ1n) is 3.28. The Balaban J connectivity index is 2.64. The lowest BCUT2D eigenvalue weighted by molar-refractivity contribution is 0.100. The number of carbonyl (C=O) groups excluding carboxylic acids is 2. The first kappa shape index (κ1) is 8.45. The Hall–Kier alpha value is -1.65. The largest absolute Gasteiger partial charge is 0.451 e. The van der Waals surface area contributed by atoms with Crippen LogP contribution in [0.5, 0.6) is 0 Å². The van der Waals surface area contributed by atoms with E-state index in [1.165, 1.54) is 19.6 Å². The molecule has 0 saturated heterocycles. The SMILES string of the molecule is CC(=O)c1ncc(CO[C]=O)[nH]1. The van der Waals surface area contributed by atoms with Gasteiger partial charge in [-0.25, -0.2) is 9.78 Å². The van der Waals surface area contributed by atoms with Crippen molar-refractivity contribution in [3.8, 4) is 0 Å². The molecule has 0 aliphatic carbocycles. The van der Waals surface area contributed by atoms with Crippen LogP contribution in [0, 0.1) is 0 Å². The third kappa shape index (κ3) is 1.91. The Morgan fingerprint density at radius 1 is 1.83 bits per heavy atom. The highest BCUT2D eigenvalue weighted by molar-refractivity contribution is 5.90. The molecule has 12 heavy (non-hydrogen) atoms. The fraction of sp³-hybridized carbons (Fsp3) is 0.286. The van der Waals surface area contributed by atoms with Gasteiger partial charge in [0.1, 0.15) is 6.61 Å². The maximum absolute atomic E-state index is 10.7. The number of aromatic nitrogens is 2. The number of nitrogens with one attached hydrogen (secondary N) is 1. The van der Waals surface area contributed by atoms with Crippen molar-refractivity contribution in [2.24, 2.45) is 0 Å². The van der Waals surface area contributed by atoms with Crippen LogP contribution < -0.4 is 0 Å². The second kappa shape index (κ2) is 3.66. The predicted octanol–water partition coefficient (Wildman–Crippen LogP) is 0.196. The molecule has 1 radical (unpaired) electrons. The molecule has 1 N–H and O–H groups in total. The van der Waals surface area contributed by atoms with E-state index in [0.29, 0.717) is 5.69 Å². The van der Waals surface area contributed by atoms with E-state index in [2.05, 4.69) is 14.7 Å². The first-order valence-corrected chi connectivity index (χ1v) is 3.28. The van der Waals surface area contributed by atoms with E-state index < -0.39 is 0 Å². The molecule has 0 saturated carbocycles. The van der Waals surface area contributed by atoms with Crippen molar-refractivity contribution in [1.29, 1.82) is 0 Å². The van der Waals surface area contributed by atoms with Crippen LogP contribution in [0.3, 0.4) is 0 Å². The Morgan fingerprint density at radius 3 is 3.08 bits per heavy atom. The molecule has 0 unspecified atom stereocenters. The third-order valence-electron chi connectivity index (χ3n) is 1.25. The molecule has 63 valence electrons. The van der Waals surface area contributed by atoms with Crippen molar-refractivity contribution in [1.82, 2.24) is 9.97 Å². The molecule has 0 aliphatic rings. The molecule has 0 bridgehead atoms. The number of hydrogen-bond acceptors (Lipinski definition) is 4. The van der Waals surface area contributed by atoms with Gasteiger partial charge in [-0.05, 0) is 0 Å². The standard InChI is InChI=1S/C7H7N2O3/c1-5(11)7-8-2-6(9-7)3-12-4-10/h2H,3H2,1H3,(H,8,9). The molecule has 1 aromatic heterocycles. The maximum Gasteiger partial charge on any atom is 0.417 e. The number of Topliss-reactive ketones (excluding diaryl/α,β-unsaturated/α-hetero) is 1. The van der Waals surface area contributed by atoms with Crippen LogP contribution in [0.25, 0.3) is 0 Å². The van der Waals surface area contributed by atoms with Crippen molar-refractivity contribution in [3.05, 3.63) is 17.7 Å². The second-order valence-corrected chi connectivity index (χ2v) is 2.19. The number of nitrogens with zero attached hydrogens (tertiary/aromatic N) is 1. The summed E-state index contributed by atoms with van der Waals surface area (Å²) in [5.74, 6) is 0.107. The van der Waals surface area contributed by atoms with E-state index in [1.54, 1.807) is 0 Å². The molecule has 0 amide bonds. The van der Waals surface area contributed by atoms with E-state index in [0.717, 1.165) is 0 Å². The van der Waals surface area contributed by atoms with E-state index in [9.17, 15) is 9.59 Å². The number of imidazole rings is 1. The van der Waals surface area contributed by atoms with Crippen molar-refractivity contribution < 1.29 is 14.3 Å². The van der Waals surface area contributed by atoms with Crippen LogP contribution in [0.1, 0.15) is 23.2 Å². The van der Waals surface area contributed by atoms with E-state index >= 15 is 0 Å². The summed E-state index contributed by atoms with van der Waals surface area (Å²) in [6, 6.07) is 0. The summed E-state index contributed by atoms with van der Waals surface area (Å²) in [4.78, 5) is 26.8. The van der Waals surface area contributed by atoms with E-state index in [4.69, 9.17) is 0 Å². The lowest BCUT2D eigenvalue weighted by Gasteiger charge is -1.91.